The molecule has 0 unspecified atom stereocenters. The van der Waals surface area contributed by atoms with E-state index in [1.165, 1.54) is 10.4 Å². The van der Waals surface area contributed by atoms with Gasteiger partial charge in [0, 0.05) is 32.2 Å². The number of anilines is 1. The van der Waals surface area contributed by atoms with E-state index in [1.54, 1.807) is 13.0 Å². The summed E-state index contributed by atoms with van der Waals surface area (Å²) in [5.74, 6) is 1.66. The molecule has 0 bridgehead atoms. The first-order valence-corrected chi connectivity index (χ1v) is 11.4. The molecule has 1 aliphatic heterocycles. The fourth-order valence-corrected chi connectivity index (χ4v) is 4.99. The summed E-state index contributed by atoms with van der Waals surface area (Å²) in [6.07, 6.45) is 0. The molecule has 10 heteroatoms. The van der Waals surface area contributed by atoms with E-state index in [0.29, 0.717) is 36.4 Å². The zero-order valence-corrected chi connectivity index (χ0v) is 18.3. The van der Waals surface area contributed by atoms with Crippen molar-refractivity contribution in [2.75, 3.05) is 31.1 Å². The molecule has 1 saturated heterocycles. The fraction of sp³-hybridized carbons (Fsp3) is 0.238. The fourth-order valence-electron chi connectivity index (χ4n) is 3.29. The summed E-state index contributed by atoms with van der Waals surface area (Å²) in [7, 11) is -3.77. The van der Waals surface area contributed by atoms with E-state index in [4.69, 9.17) is 16.3 Å². The molecule has 0 saturated carbocycles. The maximum atomic E-state index is 13.4. The van der Waals surface area contributed by atoms with Gasteiger partial charge >= 0.3 is 0 Å². The van der Waals surface area contributed by atoms with Crippen molar-refractivity contribution < 1.29 is 17.5 Å². The molecule has 0 aliphatic carbocycles. The average Bonchev–Trinajstić information content (AvgIpc) is 2.76. The number of para-hydroxylation sites is 1. The number of hydrogen-bond acceptors (Lipinski definition) is 6. The van der Waals surface area contributed by atoms with Gasteiger partial charge in [-0.05, 0) is 37.3 Å². The van der Waals surface area contributed by atoms with Crippen LogP contribution < -0.4 is 9.64 Å². The van der Waals surface area contributed by atoms with Crippen molar-refractivity contribution >= 4 is 27.4 Å². The molecule has 1 aliphatic rings. The number of nitrogens with zero attached hydrogens (tertiary/aromatic N) is 4. The third-order valence-electron chi connectivity index (χ3n) is 4.86. The highest BCUT2D eigenvalue weighted by molar-refractivity contribution is 7.89. The van der Waals surface area contributed by atoms with Crippen molar-refractivity contribution in [3.8, 4) is 11.6 Å². The minimum Gasteiger partial charge on any atom is -0.439 e. The Bertz CT molecular complexity index is 1190. The van der Waals surface area contributed by atoms with E-state index >= 15 is 0 Å². The number of piperazine rings is 1. The quantitative estimate of drug-likeness (QED) is 0.572. The van der Waals surface area contributed by atoms with Crippen LogP contribution in [0.3, 0.4) is 0 Å². The topological polar surface area (TPSA) is 75.6 Å². The molecule has 4 rings (SSSR count). The van der Waals surface area contributed by atoms with Crippen molar-refractivity contribution in [2.24, 2.45) is 0 Å². The largest absolute Gasteiger partial charge is 0.439 e. The Labute approximate surface area is 185 Å². The first-order chi connectivity index (χ1) is 14.8. The van der Waals surface area contributed by atoms with Crippen molar-refractivity contribution in [3.05, 3.63) is 71.3 Å². The molecule has 31 heavy (non-hydrogen) atoms. The standard InChI is InChI=1S/C21H20ClFN4O3S/c1-15-24-20(14-21(25-15)30-16-5-3-2-4-6-16)26-9-11-27(12-10-26)31(28,29)17-7-8-19(23)18(22)13-17/h2-8,13-14H,9-12H2,1H3. The van der Waals surface area contributed by atoms with Crippen molar-refractivity contribution in [3.63, 3.8) is 0 Å². The van der Waals surface area contributed by atoms with Crippen LogP contribution in [-0.2, 0) is 10.0 Å². The van der Waals surface area contributed by atoms with Gasteiger partial charge in [-0.2, -0.15) is 9.29 Å². The van der Waals surface area contributed by atoms with Gasteiger partial charge in [0.15, 0.2) is 0 Å². The molecule has 7 nitrogen and oxygen atoms in total. The predicted octanol–water partition coefficient (Wildman–Crippen LogP) is 3.88. The molecule has 3 aromatic rings. The van der Waals surface area contributed by atoms with Gasteiger partial charge in [-0.3, -0.25) is 0 Å². The SMILES string of the molecule is Cc1nc(Oc2ccccc2)cc(N2CCN(S(=O)(=O)c3ccc(F)c(Cl)c3)CC2)n1. The van der Waals surface area contributed by atoms with Gasteiger partial charge in [0.05, 0.1) is 9.92 Å². The molecule has 0 amide bonds. The van der Waals surface area contributed by atoms with Crippen molar-refractivity contribution in [1.82, 2.24) is 14.3 Å². The Hall–Kier alpha value is -2.75. The summed E-state index contributed by atoms with van der Waals surface area (Å²) in [5, 5.41) is -0.220. The predicted molar refractivity (Wildman–Crippen MR) is 116 cm³/mol. The van der Waals surface area contributed by atoms with Crippen LogP contribution in [-0.4, -0.2) is 48.9 Å². The summed E-state index contributed by atoms with van der Waals surface area (Å²) < 4.78 is 46.4. The Morgan fingerprint density at radius 2 is 1.71 bits per heavy atom. The molecular formula is C21H20ClFN4O3S. The monoisotopic (exact) mass is 462 g/mol. The molecule has 2 aromatic carbocycles. The summed E-state index contributed by atoms with van der Waals surface area (Å²) >= 11 is 5.76. The molecule has 162 valence electrons. The van der Waals surface area contributed by atoms with E-state index in [0.717, 1.165) is 12.1 Å². The summed E-state index contributed by atoms with van der Waals surface area (Å²) in [6, 6.07) is 14.5. The number of hydrogen-bond donors (Lipinski definition) is 0. The molecule has 0 atom stereocenters. The maximum Gasteiger partial charge on any atom is 0.243 e. The highest BCUT2D eigenvalue weighted by Gasteiger charge is 2.29. The number of sulfonamides is 1. The molecule has 0 spiro atoms. The number of rotatable bonds is 5. The lowest BCUT2D eigenvalue weighted by molar-refractivity contribution is 0.383. The highest BCUT2D eigenvalue weighted by Crippen LogP contribution is 2.26. The number of benzene rings is 2. The molecule has 1 fully saturated rings. The summed E-state index contributed by atoms with van der Waals surface area (Å²) in [4.78, 5) is 10.8. The Morgan fingerprint density at radius 1 is 1.00 bits per heavy atom. The first kappa shape index (κ1) is 21.5. The van der Waals surface area contributed by atoms with E-state index in [9.17, 15) is 12.8 Å². The van der Waals surface area contributed by atoms with Gasteiger partial charge in [0.25, 0.3) is 0 Å². The zero-order chi connectivity index (χ0) is 22.0. The van der Waals surface area contributed by atoms with Crippen LogP contribution in [0.5, 0.6) is 11.6 Å². The highest BCUT2D eigenvalue weighted by atomic mass is 35.5. The summed E-state index contributed by atoms with van der Waals surface area (Å²) in [5.41, 5.74) is 0. The number of aryl methyl sites for hydroxylation is 1. The number of aromatic nitrogens is 2. The first-order valence-electron chi connectivity index (χ1n) is 9.62. The maximum absolute atomic E-state index is 13.4. The van der Waals surface area contributed by atoms with Crippen LogP contribution in [0.25, 0.3) is 0 Å². The van der Waals surface area contributed by atoms with Gasteiger partial charge in [0.1, 0.15) is 23.2 Å². The lowest BCUT2D eigenvalue weighted by Gasteiger charge is -2.34. The molecule has 0 radical (unpaired) electrons. The Morgan fingerprint density at radius 3 is 2.39 bits per heavy atom. The van der Waals surface area contributed by atoms with Crippen LogP contribution >= 0.6 is 11.6 Å². The Kier molecular flexibility index (Phi) is 6.08. The van der Waals surface area contributed by atoms with Crippen LogP contribution in [0.1, 0.15) is 5.82 Å². The molecule has 0 N–H and O–H groups in total. The van der Waals surface area contributed by atoms with Gasteiger partial charge < -0.3 is 9.64 Å². The van der Waals surface area contributed by atoms with Gasteiger partial charge in [-0.15, -0.1) is 0 Å². The molecule has 2 heterocycles. The zero-order valence-electron chi connectivity index (χ0n) is 16.7. The van der Waals surface area contributed by atoms with Crippen LogP contribution in [0.2, 0.25) is 5.02 Å². The second kappa shape index (κ2) is 8.78. The second-order valence-corrected chi connectivity index (χ2v) is 9.34. The van der Waals surface area contributed by atoms with E-state index < -0.39 is 15.8 Å². The summed E-state index contributed by atoms with van der Waals surface area (Å²) in [6.45, 7) is 3.18. The smallest absolute Gasteiger partial charge is 0.243 e. The third kappa shape index (κ3) is 4.79. The van der Waals surface area contributed by atoms with Gasteiger partial charge in [-0.1, -0.05) is 29.8 Å². The minimum absolute atomic E-state index is 0.0243. The number of halogens is 2. The van der Waals surface area contributed by atoms with Gasteiger partial charge in [0.2, 0.25) is 15.9 Å². The second-order valence-electron chi connectivity index (χ2n) is 6.99. The molecule has 1 aromatic heterocycles. The van der Waals surface area contributed by atoms with Crippen LogP contribution in [0.15, 0.2) is 59.5 Å². The van der Waals surface area contributed by atoms with E-state index in [1.807, 2.05) is 35.2 Å². The normalized spacial score (nSPS) is 15.1. The third-order valence-corrected chi connectivity index (χ3v) is 7.04. The van der Waals surface area contributed by atoms with Crippen molar-refractivity contribution in [2.45, 2.75) is 11.8 Å². The average molecular weight is 463 g/mol. The van der Waals surface area contributed by atoms with E-state index in [-0.39, 0.29) is 23.0 Å². The lowest BCUT2D eigenvalue weighted by Crippen LogP contribution is -2.49. The minimum atomic E-state index is -3.77. The lowest BCUT2D eigenvalue weighted by atomic mass is 10.3. The van der Waals surface area contributed by atoms with Crippen LogP contribution in [0.4, 0.5) is 10.2 Å². The molecular weight excluding hydrogens is 443 g/mol. The number of ether oxygens (including phenoxy) is 1. The van der Waals surface area contributed by atoms with Gasteiger partial charge in [-0.25, -0.2) is 17.8 Å². The Balaban J connectivity index is 1.48. The van der Waals surface area contributed by atoms with Crippen LogP contribution in [0, 0.1) is 12.7 Å². The van der Waals surface area contributed by atoms with Crippen molar-refractivity contribution in [1.29, 1.82) is 0 Å². The van der Waals surface area contributed by atoms with E-state index in [2.05, 4.69) is 9.97 Å².